The molecule has 9 atom stereocenters. The molecule has 0 bridgehead atoms. The smallest absolute Gasteiger partial charge is 0.144 e. The number of carbonyl (C=O) groups is 2. The average molecular weight is 385 g/mol. The van der Waals surface area contributed by atoms with E-state index in [1.165, 1.54) is 36.0 Å². The van der Waals surface area contributed by atoms with Gasteiger partial charge in [0.25, 0.3) is 0 Å². The zero-order valence-electron chi connectivity index (χ0n) is 16.8. The Morgan fingerprint density at radius 1 is 0.724 bits per heavy atom. The van der Waals surface area contributed by atoms with E-state index >= 15 is 0 Å². The molecule has 7 aliphatic carbocycles. The van der Waals surface area contributed by atoms with E-state index in [9.17, 15) is 9.59 Å². The third kappa shape index (κ3) is 2.08. The number of ketones is 2. The molecule has 148 valence electrons. The SMILES string of the molecule is O=C1C2CCCCC2C2CC3C(=O)C4C5=CC=CC6=CC=CC(=CC4C3CC12)C65. The van der Waals surface area contributed by atoms with Crippen molar-refractivity contribution in [3.63, 3.8) is 0 Å². The summed E-state index contributed by atoms with van der Waals surface area (Å²) >= 11 is 0. The van der Waals surface area contributed by atoms with E-state index in [0.29, 0.717) is 47.1 Å². The minimum absolute atomic E-state index is 0.0506. The number of Topliss-reactive ketones (excluding diaryl/α,β-unsaturated/α-hetero) is 2. The molecule has 0 aromatic carbocycles. The number of hydrogen-bond acceptors (Lipinski definition) is 2. The van der Waals surface area contributed by atoms with E-state index in [1.54, 1.807) is 0 Å². The normalized spacial score (nSPS) is 48.7. The summed E-state index contributed by atoms with van der Waals surface area (Å²) in [6.45, 7) is 0. The molecular formula is C27H28O2. The Bertz CT molecular complexity index is 972. The molecule has 0 N–H and O–H groups in total. The van der Waals surface area contributed by atoms with Crippen LogP contribution in [0.4, 0.5) is 0 Å². The lowest BCUT2D eigenvalue weighted by Crippen LogP contribution is -2.34. The fourth-order valence-corrected chi connectivity index (χ4v) is 8.61. The maximum absolute atomic E-state index is 13.8. The molecule has 4 fully saturated rings. The largest absolute Gasteiger partial charge is 0.299 e. The lowest BCUT2D eigenvalue weighted by Gasteiger charge is -2.40. The quantitative estimate of drug-likeness (QED) is 0.589. The highest BCUT2D eigenvalue weighted by Crippen LogP contribution is 2.62. The van der Waals surface area contributed by atoms with Gasteiger partial charge >= 0.3 is 0 Å². The number of fused-ring (bicyclic) bond motifs is 7. The summed E-state index contributed by atoms with van der Waals surface area (Å²) in [7, 11) is 0. The summed E-state index contributed by atoms with van der Waals surface area (Å²) in [5.41, 5.74) is 4.04. The Balaban J connectivity index is 1.29. The van der Waals surface area contributed by atoms with Crippen LogP contribution in [0.25, 0.3) is 0 Å². The van der Waals surface area contributed by atoms with Crippen LogP contribution in [0.5, 0.6) is 0 Å². The number of rotatable bonds is 0. The second-order valence-electron chi connectivity index (χ2n) is 10.6. The Morgan fingerprint density at radius 3 is 2.41 bits per heavy atom. The van der Waals surface area contributed by atoms with Crippen molar-refractivity contribution in [1.29, 1.82) is 0 Å². The van der Waals surface area contributed by atoms with Crippen molar-refractivity contribution in [1.82, 2.24) is 0 Å². The fourth-order valence-electron chi connectivity index (χ4n) is 8.61. The molecule has 0 heterocycles. The lowest BCUT2D eigenvalue weighted by molar-refractivity contribution is -0.129. The molecule has 0 aromatic rings. The molecule has 2 heteroatoms. The Labute approximate surface area is 172 Å². The van der Waals surface area contributed by atoms with Gasteiger partial charge < -0.3 is 0 Å². The van der Waals surface area contributed by atoms with Crippen molar-refractivity contribution >= 4 is 11.6 Å². The van der Waals surface area contributed by atoms with Crippen LogP contribution in [-0.4, -0.2) is 11.6 Å². The highest BCUT2D eigenvalue weighted by atomic mass is 16.1. The summed E-state index contributed by atoms with van der Waals surface area (Å²) < 4.78 is 0. The zero-order valence-corrected chi connectivity index (χ0v) is 16.8. The Hall–Kier alpha value is -1.96. The van der Waals surface area contributed by atoms with Crippen LogP contribution < -0.4 is 0 Å². The minimum atomic E-state index is 0.0506. The average Bonchev–Trinajstić information content (AvgIpc) is 3.20. The number of allylic oxidation sites excluding steroid dienone is 10. The van der Waals surface area contributed by atoms with E-state index in [2.05, 4.69) is 42.5 Å². The molecule has 0 aromatic heterocycles. The number of hydrogen-bond donors (Lipinski definition) is 0. The van der Waals surface area contributed by atoms with Crippen molar-refractivity contribution in [3.05, 3.63) is 59.3 Å². The molecule has 0 amide bonds. The van der Waals surface area contributed by atoms with Crippen LogP contribution in [0.15, 0.2) is 59.3 Å². The fraction of sp³-hybridized carbons (Fsp3) is 0.556. The molecule has 9 unspecified atom stereocenters. The van der Waals surface area contributed by atoms with Crippen LogP contribution >= 0.6 is 0 Å². The number of carbonyl (C=O) groups excluding carboxylic acids is 2. The highest BCUT2D eigenvalue weighted by molar-refractivity contribution is 5.92. The topological polar surface area (TPSA) is 34.1 Å². The van der Waals surface area contributed by atoms with Crippen LogP contribution in [0.2, 0.25) is 0 Å². The summed E-state index contributed by atoms with van der Waals surface area (Å²) in [6, 6.07) is 0. The predicted molar refractivity (Wildman–Crippen MR) is 112 cm³/mol. The minimum Gasteiger partial charge on any atom is -0.299 e. The first-order chi connectivity index (χ1) is 14.2. The second kappa shape index (κ2) is 5.80. The summed E-state index contributed by atoms with van der Waals surface area (Å²) in [4.78, 5) is 27.0. The van der Waals surface area contributed by atoms with Gasteiger partial charge in [0.1, 0.15) is 11.6 Å². The monoisotopic (exact) mass is 384 g/mol. The predicted octanol–water partition coefficient (Wildman–Crippen LogP) is 5.00. The van der Waals surface area contributed by atoms with Crippen LogP contribution in [-0.2, 0) is 9.59 Å². The molecule has 0 radical (unpaired) electrons. The van der Waals surface area contributed by atoms with Crippen molar-refractivity contribution in [2.45, 2.75) is 38.5 Å². The zero-order chi connectivity index (χ0) is 19.3. The Kier molecular flexibility index (Phi) is 3.36. The third-order valence-electron chi connectivity index (χ3n) is 9.64. The van der Waals surface area contributed by atoms with Crippen molar-refractivity contribution in [3.8, 4) is 0 Å². The van der Waals surface area contributed by atoms with E-state index < -0.39 is 0 Å². The van der Waals surface area contributed by atoms with E-state index in [0.717, 1.165) is 19.3 Å². The molecule has 7 rings (SSSR count). The highest BCUT2D eigenvalue weighted by Gasteiger charge is 2.61. The van der Waals surface area contributed by atoms with Crippen LogP contribution in [0, 0.1) is 53.3 Å². The molecule has 7 aliphatic rings. The van der Waals surface area contributed by atoms with Crippen molar-refractivity contribution in [2.75, 3.05) is 0 Å². The van der Waals surface area contributed by atoms with E-state index in [-0.39, 0.29) is 17.8 Å². The molecule has 2 nitrogen and oxygen atoms in total. The Morgan fingerprint density at radius 2 is 1.48 bits per heavy atom. The van der Waals surface area contributed by atoms with Gasteiger partial charge in [-0.05, 0) is 66.1 Å². The summed E-state index contributed by atoms with van der Waals surface area (Å²) in [6.07, 6.45) is 22.4. The van der Waals surface area contributed by atoms with Crippen LogP contribution in [0.1, 0.15) is 38.5 Å². The van der Waals surface area contributed by atoms with Gasteiger partial charge in [-0.25, -0.2) is 0 Å². The molecular weight excluding hydrogens is 356 g/mol. The van der Waals surface area contributed by atoms with Gasteiger partial charge in [0, 0.05) is 29.6 Å². The molecule has 0 saturated heterocycles. The maximum Gasteiger partial charge on any atom is 0.144 e. The van der Waals surface area contributed by atoms with E-state index in [1.807, 2.05) is 0 Å². The van der Waals surface area contributed by atoms with Crippen molar-refractivity contribution in [2.24, 2.45) is 53.3 Å². The maximum atomic E-state index is 13.8. The first kappa shape index (κ1) is 16.8. The molecule has 4 saturated carbocycles. The molecule has 0 aliphatic heterocycles. The standard InChI is InChI=1S/C27H28O2/c28-26-17-9-2-1-8-16(17)19-12-23-20(13-22(19)26)21-11-15-7-3-5-14-6-4-10-18(24(14)15)25(21)27(23)29/h3-7,10-11,16-17,19-25H,1-2,8-9,12-13H2. The van der Waals surface area contributed by atoms with Gasteiger partial charge in [-0.15, -0.1) is 0 Å². The van der Waals surface area contributed by atoms with Gasteiger partial charge in [0.2, 0.25) is 0 Å². The molecule has 29 heavy (non-hydrogen) atoms. The van der Waals surface area contributed by atoms with Gasteiger partial charge in [-0.2, -0.15) is 0 Å². The van der Waals surface area contributed by atoms with Gasteiger partial charge in [-0.1, -0.05) is 55.4 Å². The van der Waals surface area contributed by atoms with Crippen molar-refractivity contribution < 1.29 is 9.59 Å². The molecule has 0 spiro atoms. The van der Waals surface area contributed by atoms with Gasteiger partial charge in [0.15, 0.2) is 0 Å². The summed E-state index contributed by atoms with van der Waals surface area (Å²) in [5.74, 6) is 3.89. The van der Waals surface area contributed by atoms with Crippen LogP contribution in [0.3, 0.4) is 0 Å². The first-order valence-electron chi connectivity index (χ1n) is 11.8. The van der Waals surface area contributed by atoms with Gasteiger partial charge in [0.05, 0.1) is 0 Å². The third-order valence-corrected chi connectivity index (χ3v) is 9.64. The first-order valence-corrected chi connectivity index (χ1v) is 11.8. The van der Waals surface area contributed by atoms with E-state index in [4.69, 9.17) is 0 Å². The second-order valence-corrected chi connectivity index (χ2v) is 10.6. The lowest BCUT2D eigenvalue weighted by atomic mass is 9.63. The van der Waals surface area contributed by atoms with Gasteiger partial charge in [-0.3, -0.25) is 9.59 Å². The summed E-state index contributed by atoms with van der Waals surface area (Å²) in [5, 5.41) is 0.